The quantitative estimate of drug-likeness (QED) is 0.278. The van der Waals surface area contributed by atoms with E-state index in [4.69, 9.17) is 5.11 Å². The summed E-state index contributed by atoms with van der Waals surface area (Å²) >= 11 is 0. The van der Waals surface area contributed by atoms with Crippen LogP contribution in [0, 0.1) is 0 Å². The number of carbonyl (C=O) groups is 1. The molecule has 0 radical (unpaired) electrons. The first-order chi connectivity index (χ1) is 13.1. The fraction of sp³-hybridized carbons (Fsp3) is 0.708. The lowest BCUT2D eigenvalue weighted by Crippen LogP contribution is -1.98. The molecule has 0 saturated heterocycles. The zero-order valence-corrected chi connectivity index (χ0v) is 17.3. The van der Waals surface area contributed by atoms with Gasteiger partial charge in [0.15, 0.2) is 0 Å². The summed E-state index contributed by atoms with van der Waals surface area (Å²) in [6.45, 7) is 2.25. The Kier molecular flexibility index (Phi) is 13.5. The number of unbranched alkanes of at least 4 members (excludes halogenated alkanes) is 10. The van der Waals surface area contributed by atoms with Crippen molar-refractivity contribution in [3.8, 4) is 5.75 Å². The van der Waals surface area contributed by atoms with Gasteiger partial charge < -0.3 is 10.2 Å². The van der Waals surface area contributed by atoms with Gasteiger partial charge in [-0.1, -0.05) is 89.7 Å². The van der Waals surface area contributed by atoms with E-state index in [1.807, 2.05) is 12.1 Å². The van der Waals surface area contributed by atoms with Gasteiger partial charge in [0.1, 0.15) is 5.75 Å². The first kappa shape index (κ1) is 23.5. The summed E-state index contributed by atoms with van der Waals surface area (Å²) < 4.78 is 0. The zero-order valence-electron chi connectivity index (χ0n) is 17.3. The average Bonchev–Trinajstić information content (AvgIpc) is 2.65. The van der Waals surface area contributed by atoms with Crippen LogP contribution in [0.1, 0.15) is 115 Å². The second-order valence-electron chi connectivity index (χ2n) is 7.90. The lowest BCUT2D eigenvalue weighted by atomic mass is 9.89. The fourth-order valence-electron chi connectivity index (χ4n) is 3.83. The molecule has 0 aliphatic heterocycles. The Bertz CT molecular complexity index is 481. The maximum absolute atomic E-state index is 10.4. The van der Waals surface area contributed by atoms with E-state index in [2.05, 4.69) is 19.1 Å². The molecule has 1 aromatic rings. The molecule has 0 spiro atoms. The Hall–Kier alpha value is -1.51. The van der Waals surface area contributed by atoms with Crippen molar-refractivity contribution in [2.24, 2.45) is 0 Å². The van der Waals surface area contributed by atoms with Crippen molar-refractivity contribution in [1.82, 2.24) is 0 Å². The summed E-state index contributed by atoms with van der Waals surface area (Å²) in [5, 5.41) is 18.0. The molecule has 0 heterocycles. The van der Waals surface area contributed by atoms with Gasteiger partial charge in [-0.25, -0.2) is 0 Å². The van der Waals surface area contributed by atoms with E-state index < -0.39 is 5.97 Å². The van der Waals surface area contributed by atoms with E-state index >= 15 is 0 Å². The number of benzene rings is 1. The summed E-state index contributed by atoms with van der Waals surface area (Å²) in [5.41, 5.74) is 1.37. The van der Waals surface area contributed by atoms with Crippen LogP contribution in [0.15, 0.2) is 24.3 Å². The van der Waals surface area contributed by atoms with Crippen LogP contribution in [0.2, 0.25) is 0 Å². The molecule has 0 aliphatic rings. The fourth-order valence-corrected chi connectivity index (χ4v) is 3.83. The summed E-state index contributed by atoms with van der Waals surface area (Å²) in [5.74, 6) is 0.324. The average molecular weight is 377 g/mol. The molecule has 3 nitrogen and oxygen atoms in total. The maximum atomic E-state index is 10.4. The van der Waals surface area contributed by atoms with Crippen molar-refractivity contribution in [2.45, 2.75) is 109 Å². The largest absolute Gasteiger partial charge is 0.508 e. The highest BCUT2D eigenvalue weighted by Crippen LogP contribution is 2.28. The predicted octanol–water partition coefficient (Wildman–Crippen LogP) is 7.43. The third-order valence-electron chi connectivity index (χ3n) is 5.44. The zero-order chi connectivity index (χ0) is 19.7. The van der Waals surface area contributed by atoms with Crippen LogP contribution in [0.5, 0.6) is 5.75 Å². The molecule has 1 rings (SSSR count). The summed E-state index contributed by atoms with van der Waals surface area (Å²) in [4.78, 5) is 10.4. The number of aliphatic carboxylic acids is 1. The Morgan fingerprint density at radius 1 is 0.778 bits per heavy atom. The number of hydrogen-bond acceptors (Lipinski definition) is 2. The Morgan fingerprint density at radius 2 is 1.26 bits per heavy atom. The van der Waals surface area contributed by atoms with Crippen molar-refractivity contribution in [2.75, 3.05) is 0 Å². The Balaban J connectivity index is 1.98. The standard InChI is InChI=1S/C24H40O3/c1-2-14-21(22-17-19-23(25)20-18-22)15-12-10-8-6-4-3-5-7-9-11-13-16-24(26)27/h17-21,25H,2-16H2,1H3,(H,26,27). The second-order valence-corrected chi connectivity index (χ2v) is 7.90. The van der Waals surface area contributed by atoms with Crippen LogP contribution in [0.3, 0.4) is 0 Å². The SMILES string of the molecule is CCCC(CCCCCCCCCCCCCC(=O)O)c1ccc(O)cc1. The van der Waals surface area contributed by atoms with Crippen molar-refractivity contribution in [3.05, 3.63) is 29.8 Å². The van der Waals surface area contributed by atoms with Gasteiger partial charge in [-0.2, -0.15) is 0 Å². The lowest BCUT2D eigenvalue weighted by Gasteiger charge is -2.16. The van der Waals surface area contributed by atoms with Gasteiger partial charge in [-0.3, -0.25) is 4.79 Å². The smallest absolute Gasteiger partial charge is 0.303 e. The van der Waals surface area contributed by atoms with Crippen molar-refractivity contribution in [1.29, 1.82) is 0 Å². The molecule has 1 atom stereocenters. The number of aromatic hydroxyl groups is 1. The van der Waals surface area contributed by atoms with Crippen LogP contribution >= 0.6 is 0 Å². The van der Waals surface area contributed by atoms with Crippen LogP contribution in [0.25, 0.3) is 0 Å². The van der Waals surface area contributed by atoms with E-state index in [0.29, 0.717) is 18.1 Å². The molecule has 0 bridgehead atoms. The molecule has 0 aliphatic carbocycles. The van der Waals surface area contributed by atoms with Gasteiger partial charge in [0.25, 0.3) is 0 Å². The third-order valence-corrected chi connectivity index (χ3v) is 5.44. The van der Waals surface area contributed by atoms with Gasteiger partial charge in [0, 0.05) is 6.42 Å². The highest BCUT2D eigenvalue weighted by atomic mass is 16.4. The van der Waals surface area contributed by atoms with E-state index in [0.717, 1.165) is 12.8 Å². The first-order valence-electron chi connectivity index (χ1n) is 11.1. The molecule has 2 N–H and O–H groups in total. The Morgan fingerprint density at radius 3 is 1.74 bits per heavy atom. The monoisotopic (exact) mass is 376 g/mol. The predicted molar refractivity (Wildman–Crippen MR) is 113 cm³/mol. The van der Waals surface area contributed by atoms with Gasteiger partial charge in [0.05, 0.1) is 0 Å². The Labute approximate surface area is 166 Å². The number of phenolic OH excluding ortho intramolecular Hbond substituents is 1. The second kappa shape index (κ2) is 15.5. The number of phenols is 1. The van der Waals surface area contributed by atoms with Crippen molar-refractivity contribution in [3.63, 3.8) is 0 Å². The molecule has 0 aromatic heterocycles. The van der Waals surface area contributed by atoms with Gasteiger partial charge >= 0.3 is 5.97 Å². The van der Waals surface area contributed by atoms with Crippen molar-refractivity contribution < 1.29 is 15.0 Å². The molecule has 154 valence electrons. The number of carboxylic acids is 1. The van der Waals surface area contributed by atoms with Crippen LogP contribution in [0.4, 0.5) is 0 Å². The van der Waals surface area contributed by atoms with Crippen LogP contribution < -0.4 is 0 Å². The van der Waals surface area contributed by atoms with E-state index in [-0.39, 0.29) is 0 Å². The summed E-state index contributed by atoms with van der Waals surface area (Å²) in [6.07, 6.45) is 17.6. The van der Waals surface area contributed by atoms with Crippen LogP contribution in [-0.4, -0.2) is 16.2 Å². The van der Waals surface area contributed by atoms with Gasteiger partial charge in [-0.15, -0.1) is 0 Å². The molecular weight excluding hydrogens is 336 g/mol. The van der Waals surface area contributed by atoms with Crippen molar-refractivity contribution >= 4 is 5.97 Å². The molecule has 1 unspecified atom stereocenters. The minimum Gasteiger partial charge on any atom is -0.508 e. The molecular formula is C24H40O3. The molecule has 3 heteroatoms. The molecule has 0 amide bonds. The summed E-state index contributed by atoms with van der Waals surface area (Å²) in [7, 11) is 0. The van der Waals surface area contributed by atoms with Crippen LogP contribution in [-0.2, 0) is 4.79 Å². The van der Waals surface area contributed by atoms with E-state index in [9.17, 15) is 9.90 Å². The normalized spacial score (nSPS) is 12.2. The minimum atomic E-state index is -0.668. The number of hydrogen-bond donors (Lipinski definition) is 2. The molecule has 27 heavy (non-hydrogen) atoms. The first-order valence-corrected chi connectivity index (χ1v) is 11.1. The highest BCUT2D eigenvalue weighted by molar-refractivity contribution is 5.66. The van der Waals surface area contributed by atoms with Gasteiger partial charge in [0.2, 0.25) is 0 Å². The minimum absolute atomic E-state index is 0.325. The molecule has 0 fully saturated rings. The maximum Gasteiger partial charge on any atom is 0.303 e. The van der Waals surface area contributed by atoms with Gasteiger partial charge in [-0.05, 0) is 42.9 Å². The number of rotatable bonds is 17. The molecule has 0 saturated carbocycles. The lowest BCUT2D eigenvalue weighted by molar-refractivity contribution is -0.137. The van der Waals surface area contributed by atoms with E-state index in [1.54, 1.807) is 0 Å². The van der Waals surface area contributed by atoms with E-state index in [1.165, 1.54) is 82.6 Å². The summed E-state index contributed by atoms with van der Waals surface area (Å²) in [6, 6.07) is 7.78. The topological polar surface area (TPSA) is 57.5 Å². The highest BCUT2D eigenvalue weighted by Gasteiger charge is 2.10. The third kappa shape index (κ3) is 12.5. The number of carboxylic acid groups (broad SMARTS) is 1. The molecule has 1 aromatic carbocycles.